The largest absolute Gasteiger partial charge is 0.360 e. The molecule has 4 nitrogen and oxygen atoms in total. The summed E-state index contributed by atoms with van der Waals surface area (Å²) in [6.45, 7) is 5.94. The van der Waals surface area contributed by atoms with Crippen molar-refractivity contribution >= 4 is 11.6 Å². The minimum absolute atomic E-state index is 0.0380. The Bertz CT molecular complexity index is 788. The summed E-state index contributed by atoms with van der Waals surface area (Å²) in [6.07, 6.45) is 1.44. The molecule has 1 amide bonds. The molecule has 0 aliphatic rings. The fourth-order valence-electron chi connectivity index (χ4n) is 2.23. The first-order chi connectivity index (χ1) is 11.5. The van der Waals surface area contributed by atoms with Crippen molar-refractivity contribution < 1.29 is 4.79 Å². The molecule has 0 fully saturated rings. The maximum Gasteiger partial charge on any atom is 0.263 e. The van der Waals surface area contributed by atoms with Crippen LogP contribution >= 0.6 is 0 Å². The van der Waals surface area contributed by atoms with Gasteiger partial charge in [0.2, 0.25) is 0 Å². The third-order valence-corrected chi connectivity index (χ3v) is 3.90. The van der Waals surface area contributed by atoms with E-state index in [0.29, 0.717) is 0 Å². The number of benzene rings is 2. The van der Waals surface area contributed by atoms with E-state index < -0.39 is 5.91 Å². The third-order valence-electron chi connectivity index (χ3n) is 3.90. The van der Waals surface area contributed by atoms with Crippen LogP contribution in [0.5, 0.6) is 0 Å². The summed E-state index contributed by atoms with van der Waals surface area (Å²) in [5.74, 6) is -0.398. The quantitative estimate of drug-likeness (QED) is 0.646. The molecular weight excluding hydrogens is 298 g/mol. The van der Waals surface area contributed by atoms with Gasteiger partial charge in [-0.1, -0.05) is 36.4 Å². The van der Waals surface area contributed by atoms with E-state index in [1.165, 1.54) is 11.8 Å². The zero-order valence-corrected chi connectivity index (χ0v) is 14.1. The molecule has 0 radical (unpaired) electrons. The SMILES string of the molecule is Cc1ccc(N/C=C(/C#N)C(=O)NC(C)c2ccccc2)cc1C. The van der Waals surface area contributed by atoms with Crippen LogP contribution in [0.1, 0.15) is 29.7 Å². The summed E-state index contributed by atoms with van der Waals surface area (Å²) in [5, 5.41) is 15.1. The standard InChI is InChI=1S/C20H21N3O/c1-14-9-10-19(11-15(14)2)22-13-18(12-21)20(24)23-16(3)17-7-5-4-6-8-17/h4-11,13,16,22H,1-3H3,(H,23,24)/b18-13-. The minimum Gasteiger partial charge on any atom is -0.360 e. The van der Waals surface area contributed by atoms with Gasteiger partial charge in [0.05, 0.1) is 6.04 Å². The van der Waals surface area contributed by atoms with Gasteiger partial charge in [-0.3, -0.25) is 4.79 Å². The highest BCUT2D eigenvalue weighted by Gasteiger charge is 2.13. The lowest BCUT2D eigenvalue weighted by atomic mass is 10.1. The zero-order chi connectivity index (χ0) is 17.5. The van der Waals surface area contributed by atoms with Crippen LogP contribution in [0.3, 0.4) is 0 Å². The second-order valence-electron chi connectivity index (χ2n) is 5.72. The molecule has 1 atom stereocenters. The molecule has 0 aromatic heterocycles. The van der Waals surface area contributed by atoms with Crippen LogP contribution in [0.15, 0.2) is 60.3 Å². The van der Waals surface area contributed by atoms with Crippen LogP contribution < -0.4 is 10.6 Å². The van der Waals surface area contributed by atoms with Gasteiger partial charge in [0, 0.05) is 11.9 Å². The summed E-state index contributed by atoms with van der Waals surface area (Å²) in [6, 6.07) is 17.3. The van der Waals surface area contributed by atoms with E-state index in [1.54, 1.807) is 0 Å². The number of hydrogen-bond donors (Lipinski definition) is 2. The van der Waals surface area contributed by atoms with Crippen LogP contribution in [0.4, 0.5) is 5.69 Å². The van der Waals surface area contributed by atoms with E-state index in [4.69, 9.17) is 0 Å². The van der Waals surface area contributed by atoms with Gasteiger partial charge >= 0.3 is 0 Å². The molecular formula is C20H21N3O. The minimum atomic E-state index is -0.398. The molecule has 4 heteroatoms. The Labute approximate surface area is 142 Å². The average molecular weight is 319 g/mol. The molecule has 2 rings (SSSR count). The van der Waals surface area contributed by atoms with Crippen molar-refractivity contribution in [1.29, 1.82) is 5.26 Å². The number of nitrogens with zero attached hydrogens (tertiary/aromatic N) is 1. The Morgan fingerprint density at radius 2 is 1.83 bits per heavy atom. The smallest absolute Gasteiger partial charge is 0.263 e. The van der Waals surface area contributed by atoms with Crippen molar-refractivity contribution in [1.82, 2.24) is 5.32 Å². The molecule has 0 heterocycles. The lowest BCUT2D eigenvalue weighted by molar-refractivity contribution is -0.117. The molecule has 2 aromatic carbocycles. The number of rotatable bonds is 5. The Balaban J connectivity index is 2.05. The molecule has 0 spiro atoms. The monoisotopic (exact) mass is 319 g/mol. The summed E-state index contributed by atoms with van der Waals surface area (Å²) in [7, 11) is 0. The average Bonchev–Trinajstić information content (AvgIpc) is 2.59. The fourth-order valence-corrected chi connectivity index (χ4v) is 2.23. The van der Waals surface area contributed by atoms with Crippen molar-refractivity contribution in [3.63, 3.8) is 0 Å². The van der Waals surface area contributed by atoms with E-state index in [1.807, 2.05) is 75.4 Å². The number of anilines is 1. The van der Waals surface area contributed by atoms with Crippen LogP contribution in [0.25, 0.3) is 0 Å². The first-order valence-corrected chi connectivity index (χ1v) is 7.81. The number of amides is 1. The Morgan fingerprint density at radius 3 is 2.46 bits per heavy atom. The maximum atomic E-state index is 12.3. The summed E-state index contributed by atoms with van der Waals surface area (Å²) in [5.41, 5.74) is 4.21. The van der Waals surface area contributed by atoms with E-state index in [0.717, 1.165) is 16.8 Å². The zero-order valence-electron chi connectivity index (χ0n) is 14.1. The topological polar surface area (TPSA) is 64.9 Å². The molecule has 122 valence electrons. The van der Waals surface area contributed by atoms with Gasteiger partial charge < -0.3 is 10.6 Å². The van der Waals surface area contributed by atoms with Crippen molar-refractivity contribution in [3.05, 3.63) is 77.0 Å². The normalized spacial score (nSPS) is 12.2. The summed E-state index contributed by atoms with van der Waals surface area (Å²) >= 11 is 0. The molecule has 24 heavy (non-hydrogen) atoms. The van der Waals surface area contributed by atoms with Gasteiger partial charge in [-0.15, -0.1) is 0 Å². The second kappa shape index (κ2) is 7.98. The Kier molecular flexibility index (Phi) is 5.75. The molecule has 0 saturated carbocycles. The van der Waals surface area contributed by atoms with Gasteiger partial charge in [0.15, 0.2) is 0 Å². The Hall–Kier alpha value is -3.06. The van der Waals surface area contributed by atoms with Gasteiger partial charge in [-0.2, -0.15) is 5.26 Å². The molecule has 0 aliphatic heterocycles. The van der Waals surface area contributed by atoms with E-state index in [2.05, 4.69) is 10.6 Å². The highest BCUT2D eigenvalue weighted by atomic mass is 16.1. The predicted octanol–water partition coefficient (Wildman–Crippen LogP) is 4.00. The van der Waals surface area contributed by atoms with Crippen LogP contribution in [0.2, 0.25) is 0 Å². The molecule has 2 aromatic rings. The number of aryl methyl sites for hydroxylation is 2. The highest BCUT2D eigenvalue weighted by molar-refractivity contribution is 5.97. The van der Waals surface area contributed by atoms with E-state index >= 15 is 0 Å². The molecule has 1 unspecified atom stereocenters. The van der Waals surface area contributed by atoms with Crippen molar-refractivity contribution in [2.24, 2.45) is 0 Å². The Morgan fingerprint density at radius 1 is 1.12 bits per heavy atom. The van der Waals surface area contributed by atoms with Crippen molar-refractivity contribution in [3.8, 4) is 6.07 Å². The number of carbonyl (C=O) groups excluding carboxylic acids is 1. The van der Waals surface area contributed by atoms with Gasteiger partial charge in [-0.25, -0.2) is 0 Å². The number of nitrogens with one attached hydrogen (secondary N) is 2. The lowest BCUT2D eigenvalue weighted by Gasteiger charge is -2.14. The maximum absolute atomic E-state index is 12.3. The molecule has 0 saturated heterocycles. The number of carbonyl (C=O) groups is 1. The van der Waals surface area contributed by atoms with E-state index in [-0.39, 0.29) is 11.6 Å². The predicted molar refractivity (Wildman–Crippen MR) is 96.2 cm³/mol. The summed E-state index contributed by atoms with van der Waals surface area (Å²) < 4.78 is 0. The fraction of sp³-hybridized carbons (Fsp3) is 0.200. The van der Waals surface area contributed by atoms with Crippen molar-refractivity contribution in [2.75, 3.05) is 5.32 Å². The molecule has 0 aliphatic carbocycles. The van der Waals surface area contributed by atoms with Gasteiger partial charge in [-0.05, 0) is 49.6 Å². The second-order valence-corrected chi connectivity index (χ2v) is 5.72. The molecule has 2 N–H and O–H groups in total. The highest BCUT2D eigenvalue weighted by Crippen LogP contribution is 2.15. The molecule has 0 bridgehead atoms. The number of hydrogen-bond acceptors (Lipinski definition) is 3. The number of nitriles is 1. The van der Waals surface area contributed by atoms with Crippen LogP contribution in [-0.4, -0.2) is 5.91 Å². The van der Waals surface area contributed by atoms with Crippen LogP contribution in [0, 0.1) is 25.2 Å². The van der Waals surface area contributed by atoms with Gasteiger partial charge in [0.25, 0.3) is 5.91 Å². The van der Waals surface area contributed by atoms with Crippen molar-refractivity contribution in [2.45, 2.75) is 26.8 Å². The first kappa shape index (κ1) is 17.3. The van der Waals surface area contributed by atoms with Crippen LogP contribution in [-0.2, 0) is 4.79 Å². The lowest BCUT2D eigenvalue weighted by Crippen LogP contribution is -2.28. The summed E-state index contributed by atoms with van der Waals surface area (Å²) in [4.78, 5) is 12.3. The van der Waals surface area contributed by atoms with Gasteiger partial charge in [0.1, 0.15) is 11.6 Å². The van der Waals surface area contributed by atoms with E-state index in [9.17, 15) is 10.1 Å². The first-order valence-electron chi connectivity index (χ1n) is 7.81. The third kappa shape index (κ3) is 4.47.